The standard InChI is InChI=1S/C60H107N2O7P/c1-7-10-13-16-19-22-25-28-29-30-31-32-33-35-38-41-44-47-50-53-60(64)69-58(51-48-45-42-39-36-27-24-21-18-15-12-9-3)57(56-68-70(65,66)67-55-54-62(4,5)6)61-59(63)52-49-46-43-40-37-34-26-23-20-17-14-11-8-2/h19,22,28-29,31-32,34-35,37-38,43,46,48,51,57-58H,7-18,20-21,23-27,30,33,36,39-42,44-45,47,49-50,52-56H2,1-6H3,(H-,61,63,65,66)/b22-19-,29-28-,32-31-,37-34-,38-35-,46-43+,51-48-. The molecule has 0 heterocycles. The quantitative estimate of drug-likeness (QED) is 0.0212. The number of nitrogens with zero attached hydrogens (tertiary/aromatic N) is 1. The maximum absolute atomic E-state index is 13.4. The van der Waals surface area contributed by atoms with E-state index in [1.54, 1.807) is 6.08 Å². The summed E-state index contributed by atoms with van der Waals surface area (Å²) in [5.41, 5.74) is 0. The number of quaternary nitrogens is 1. The second-order valence-corrected chi connectivity index (χ2v) is 21.5. The van der Waals surface area contributed by atoms with E-state index < -0.39 is 26.6 Å². The summed E-state index contributed by atoms with van der Waals surface area (Å²) in [5.74, 6) is -0.660. The lowest BCUT2D eigenvalue weighted by Gasteiger charge is -2.30. The van der Waals surface area contributed by atoms with Crippen LogP contribution >= 0.6 is 7.82 Å². The van der Waals surface area contributed by atoms with Gasteiger partial charge in [0.1, 0.15) is 19.3 Å². The summed E-state index contributed by atoms with van der Waals surface area (Å²) < 4.78 is 30.1. The Kier molecular flexibility index (Phi) is 47.8. The molecule has 10 heteroatoms. The normalized spacial score (nSPS) is 14.4. The van der Waals surface area contributed by atoms with Crippen LogP contribution in [-0.4, -0.2) is 69.4 Å². The molecule has 0 aliphatic rings. The second-order valence-electron chi connectivity index (χ2n) is 20.1. The topological polar surface area (TPSA) is 114 Å². The molecular weight excluding hydrogens is 892 g/mol. The van der Waals surface area contributed by atoms with Gasteiger partial charge in [0.25, 0.3) is 7.82 Å². The van der Waals surface area contributed by atoms with Gasteiger partial charge in [-0.05, 0) is 96.0 Å². The highest BCUT2D eigenvalue weighted by atomic mass is 31.2. The number of phosphoric acid groups is 1. The van der Waals surface area contributed by atoms with Gasteiger partial charge in [0.05, 0.1) is 33.8 Å². The van der Waals surface area contributed by atoms with Crippen LogP contribution in [0.5, 0.6) is 0 Å². The Labute approximate surface area is 431 Å². The van der Waals surface area contributed by atoms with E-state index in [0.717, 1.165) is 70.6 Å². The number of carbonyl (C=O) groups is 2. The maximum atomic E-state index is 13.4. The van der Waals surface area contributed by atoms with E-state index in [4.69, 9.17) is 13.8 Å². The van der Waals surface area contributed by atoms with Gasteiger partial charge < -0.3 is 28.5 Å². The number of phosphoric ester groups is 1. The highest BCUT2D eigenvalue weighted by Gasteiger charge is 2.27. The van der Waals surface area contributed by atoms with Crippen LogP contribution in [0.4, 0.5) is 0 Å². The number of nitrogens with one attached hydrogen (secondary N) is 1. The molecule has 0 fully saturated rings. The predicted octanol–water partition coefficient (Wildman–Crippen LogP) is 16.4. The van der Waals surface area contributed by atoms with Crippen LogP contribution in [0.3, 0.4) is 0 Å². The molecule has 0 spiro atoms. The second kappa shape index (κ2) is 49.8. The first-order valence-electron chi connectivity index (χ1n) is 28.4. The average Bonchev–Trinajstić information content (AvgIpc) is 3.32. The number of rotatable bonds is 50. The summed E-state index contributed by atoms with van der Waals surface area (Å²) in [6, 6.07) is -0.934. The van der Waals surface area contributed by atoms with Crippen LogP contribution in [0.2, 0.25) is 0 Å². The first kappa shape index (κ1) is 67.2. The Morgan fingerprint density at radius 2 is 0.886 bits per heavy atom. The molecule has 404 valence electrons. The van der Waals surface area contributed by atoms with E-state index in [0.29, 0.717) is 23.9 Å². The lowest BCUT2D eigenvalue weighted by molar-refractivity contribution is -0.870. The summed E-state index contributed by atoms with van der Waals surface area (Å²) in [7, 11) is 1.13. The maximum Gasteiger partial charge on any atom is 0.306 e. The summed E-state index contributed by atoms with van der Waals surface area (Å²) in [5, 5.41) is 2.96. The van der Waals surface area contributed by atoms with Crippen LogP contribution in [0.1, 0.15) is 233 Å². The van der Waals surface area contributed by atoms with E-state index >= 15 is 0 Å². The molecule has 0 saturated heterocycles. The zero-order valence-corrected chi connectivity index (χ0v) is 46.8. The molecule has 1 amide bonds. The van der Waals surface area contributed by atoms with Gasteiger partial charge in [0, 0.05) is 12.8 Å². The largest absolute Gasteiger partial charge is 0.756 e. The van der Waals surface area contributed by atoms with E-state index in [1.807, 2.05) is 33.3 Å². The smallest absolute Gasteiger partial charge is 0.306 e. The number of amides is 1. The fourth-order valence-electron chi connectivity index (χ4n) is 7.61. The van der Waals surface area contributed by atoms with Crippen LogP contribution in [0.25, 0.3) is 0 Å². The van der Waals surface area contributed by atoms with Gasteiger partial charge in [-0.1, -0.05) is 209 Å². The average molecular weight is 999 g/mol. The van der Waals surface area contributed by atoms with E-state index in [1.165, 1.54) is 116 Å². The number of hydrogen-bond acceptors (Lipinski definition) is 7. The van der Waals surface area contributed by atoms with Gasteiger partial charge in [0.2, 0.25) is 5.91 Å². The molecule has 0 radical (unpaired) electrons. The molecule has 9 nitrogen and oxygen atoms in total. The molecule has 0 aliphatic carbocycles. The molecule has 70 heavy (non-hydrogen) atoms. The third-order valence-electron chi connectivity index (χ3n) is 12.1. The lowest BCUT2D eigenvalue weighted by atomic mass is 10.1. The van der Waals surface area contributed by atoms with Crippen molar-refractivity contribution in [1.82, 2.24) is 5.32 Å². The van der Waals surface area contributed by atoms with Crippen molar-refractivity contribution in [3.63, 3.8) is 0 Å². The molecule has 3 atom stereocenters. The van der Waals surface area contributed by atoms with Crippen LogP contribution in [-0.2, 0) is 27.9 Å². The van der Waals surface area contributed by atoms with Crippen molar-refractivity contribution in [3.05, 3.63) is 85.1 Å². The third-order valence-corrected chi connectivity index (χ3v) is 13.0. The SMILES string of the molecule is CCCCC/C=C\C/C=C\C/C=C\C/C=C\CCCCCC(=O)OC(/C=C\CCCCCCCCCCCC)C(COP(=O)([O-])OCC[N+](C)(C)C)NC(=O)CC/C=C/C/C=C\CCCCCCCC. The first-order valence-corrected chi connectivity index (χ1v) is 29.9. The van der Waals surface area contributed by atoms with Gasteiger partial charge in [-0.15, -0.1) is 0 Å². The van der Waals surface area contributed by atoms with Crippen LogP contribution in [0.15, 0.2) is 85.1 Å². The highest BCUT2D eigenvalue weighted by molar-refractivity contribution is 7.45. The van der Waals surface area contributed by atoms with Crippen molar-refractivity contribution in [3.8, 4) is 0 Å². The van der Waals surface area contributed by atoms with Crippen LogP contribution in [0, 0.1) is 0 Å². The number of hydrogen-bond donors (Lipinski definition) is 1. The third kappa shape index (κ3) is 50.1. The molecule has 0 saturated carbocycles. The van der Waals surface area contributed by atoms with Gasteiger partial charge in [0.15, 0.2) is 0 Å². The summed E-state index contributed by atoms with van der Waals surface area (Å²) in [6.45, 7) is 6.72. The Bertz CT molecular complexity index is 1480. The molecule has 0 aliphatic heterocycles. The molecule has 0 aromatic heterocycles. The zero-order valence-electron chi connectivity index (χ0n) is 45.9. The minimum Gasteiger partial charge on any atom is -0.756 e. The number of likely N-dealkylation sites (N-methyl/N-ethyl adjacent to an activating group) is 1. The van der Waals surface area contributed by atoms with Gasteiger partial charge in [-0.25, -0.2) is 0 Å². The number of allylic oxidation sites excluding steroid dienone is 13. The Balaban J connectivity index is 5.48. The molecule has 0 aromatic carbocycles. The van der Waals surface area contributed by atoms with Crippen molar-refractivity contribution in [1.29, 1.82) is 0 Å². The number of unbranched alkanes of at least 4 members (excludes halogenated alkanes) is 22. The first-order chi connectivity index (χ1) is 33.9. The van der Waals surface area contributed by atoms with Crippen molar-refractivity contribution in [2.75, 3.05) is 40.9 Å². The lowest BCUT2D eigenvalue weighted by Crippen LogP contribution is -2.47. The van der Waals surface area contributed by atoms with Crippen molar-refractivity contribution in [2.45, 2.75) is 245 Å². The van der Waals surface area contributed by atoms with Crippen molar-refractivity contribution in [2.24, 2.45) is 0 Å². The summed E-state index contributed by atoms with van der Waals surface area (Å²) >= 11 is 0. The molecule has 0 rings (SSSR count). The minimum atomic E-state index is -4.72. The Hall–Kier alpha value is -2.81. The van der Waals surface area contributed by atoms with E-state index in [9.17, 15) is 19.0 Å². The van der Waals surface area contributed by atoms with Crippen molar-refractivity contribution >= 4 is 19.7 Å². The predicted molar refractivity (Wildman–Crippen MR) is 298 cm³/mol. The van der Waals surface area contributed by atoms with Crippen molar-refractivity contribution < 1.29 is 37.3 Å². The molecule has 0 aromatic rings. The Morgan fingerprint density at radius 1 is 0.500 bits per heavy atom. The summed E-state index contributed by atoms with van der Waals surface area (Å²) in [4.78, 5) is 39.7. The monoisotopic (exact) mass is 999 g/mol. The molecule has 1 N–H and O–H groups in total. The van der Waals surface area contributed by atoms with Gasteiger partial charge >= 0.3 is 5.97 Å². The number of ether oxygens (including phenoxy) is 1. The summed E-state index contributed by atoms with van der Waals surface area (Å²) in [6.07, 6.45) is 64.2. The molecule has 3 unspecified atom stereocenters. The Morgan fingerprint density at radius 3 is 1.36 bits per heavy atom. The fraction of sp³-hybridized carbons (Fsp3) is 0.733. The fourth-order valence-corrected chi connectivity index (χ4v) is 8.34. The van der Waals surface area contributed by atoms with E-state index in [2.05, 4.69) is 92.9 Å². The number of esters is 1. The highest BCUT2D eigenvalue weighted by Crippen LogP contribution is 2.38. The zero-order chi connectivity index (χ0) is 51.5. The van der Waals surface area contributed by atoms with Gasteiger partial charge in [-0.2, -0.15) is 0 Å². The minimum absolute atomic E-state index is 0.0402. The number of carbonyl (C=O) groups excluding carboxylic acids is 2. The molecule has 0 bridgehead atoms. The van der Waals surface area contributed by atoms with Gasteiger partial charge in [-0.3, -0.25) is 14.2 Å². The van der Waals surface area contributed by atoms with Crippen LogP contribution < -0.4 is 10.2 Å². The molecular formula is C60H107N2O7P. The van der Waals surface area contributed by atoms with E-state index in [-0.39, 0.29) is 31.3 Å².